The zero-order valence-electron chi connectivity index (χ0n) is 13.5. The van der Waals surface area contributed by atoms with Gasteiger partial charge in [-0.25, -0.2) is 9.78 Å². The Hall–Kier alpha value is -3.57. The van der Waals surface area contributed by atoms with Crippen LogP contribution in [-0.2, 0) is 9.53 Å². The molecule has 25 heavy (non-hydrogen) atoms. The zero-order valence-corrected chi connectivity index (χ0v) is 13.5. The third kappa shape index (κ3) is 3.36. The van der Waals surface area contributed by atoms with Crippen molar-refractivity contribution in [1.29, 1.82) is 0 Å². The minimum Gasteiger partial charge on any atom is -0.462 e. The maximum absolute atomic E-state index is 12.1. The molecule has 0 aliphatic rings. The van der Waals surface area contributed by atoms with Gasteiger partial charge in [-0.1, -0.05) is 41.5 Å². The van der Waals surface area contributed by atoms with Gasteiger partial charge in [-0.15, -0.1) is 0 Å². The molecule has 0 saturated carbocycles. The smallest absolute Gasteiger partial charge is 0.340 e. The van der Waals surface area contributed by atoms with E-state index < -0.39 is 5.97 Å². The first-order valence-electron chi connectivity index (χ1n) is 7.71. The van der Waals surface area contributed by atoms with Crippen molar-refractivity contribution in [3.63, 3.8) is 0 Å². The maximum atomic E-state index is 12.1. The van der Waals surface area contributed by atoms with Crippen LogP contribution in [0.25, 0.3) is 33.4 Å². The summed E-state index contributed by atoms with van der Waals surface area (Å²) in [7, 11) is 0. The second-order valence-electron chi connectivity index (χ2n) is 5.08. The van der Waals surface area contributed by atoms with Crippen molar-refractivity contribution >= 4 is 17.7 Å². The van der Waals surface area contributed by atoms with Crippen molar-refractivity contribution in [3.05, 3.63) is 76.6 Å². The van der Waals surface area contributed by atoms with Crippen LogP contribution in [0.4, 0.5) is 0 Å². The van der Waals surface area contributed by atoms with E-state index >= 15 is 0 Å². The van der Waals surface area contributed by atoms with Crippen LogP contribution >= 0.6 is 0 Å². The lowest BCUT2D eigenvalue weighted by molar-refractivity contribution is -0.138. The van der Waals surface area contributed by atoms with Gasteiger partial charge < -0.3 is 4.74 Å². The highest BCUT2D eigenvalue weighted by atomic mass is 16.5. The van der Waals surface area contributed by atoms with Crippen molar-refractivity contribution in [2.75, 3.05) is 6.61 Å². The molecule has 0 radical (unpaired) electrons. The quantitative estimate of drug-likeness (QED) is 0.230. The van der Waals surface area contributed by atoms with Gasteiger partial charge in [-0.3, -0.25) is 4.40 Å². The molecule has 0 spiro atoms. The standard InChI is InChI=1S/C18H15N5O2/c1-2-25-18(24)14(21-22-19)12-15-17(13-8-4-3-5-9-13)20-16-10-6-7-11-23(15)16/h3-12H,2H2,1H3/b14-12-. The fourth-order valence-corrected chi connectivity index (χ4v) is 2.47. The van der Waals surface area contributed by atoms with E-state index in [0.717, 1.165) is 11.2 Å². The van der Waals surface area contributed by atoms with Crippen LogP contribution < -0.4 is 0 Å². The number of ether oxygens (including phenoxy) is 1. The molecule has 3 rings (SSSR count). The van der Waals surface area contributed by atoms with E-state index in [9.17, 15) is 4.79 Å². The van der Waals surface area contributed by atoms with E-state index in [-0.39, 0.29) is 12.3 Å². The number of hydrogen-bond donors (Lipinski definition) is 0. The minimum absolute atomic E-state index is 0.118. The predicted molar refractivity (Wildman–Crippen MR) is 94.4 cm³/mol. The number of nitrogens with zero attached hydrogens (tertiary/aromatic N) is 5. The lowest BCUT2D eigenvalue weighted by Gasteiger charge is -2.04. The molecule has 0 fully saturated rings. The van der Waals surface area contributed by atoms with Gasteiger partial charge in [0.2, 0.25) is 0 Å². The van der Waals surface area contributed by atoms with E-state index in [0.29, 0.717) is 11.4 Å². The van der Waals surface area contributed by atoms with Gasteiger partial charge in [-0.05, 0) is 30.7 Å². The summed E-state index contributed by atoms with van der Waals surface area (Å²) in [5.74, 6) is -0.676. The Bertz CT molecular complexity index is 985. The van der Waals surface area contributed by atoms with Crippen LogP contribution in [0.1, 0.15) is 12.6 Å². The first-order chi connectivity index (χ1) is 12.2. The van der Waals surface area contributed by atoms with E-state index in [4.69, 9.17) is 10.3 Å². The lowest BCUT2D eigenvalue weighted by Crippen LogP contribution is -2.06. The van der Waals surface area contributed by atoms with Crippen LogP contribution in [0.5, 0.6) is 0 Å². The molecule has 0 aliphatic carbocycles. The molecular formula is C18H15N5O2. The highest BCUT2D eigenvalue weighted by Gasteiger charge is 2.15. The Balaban J connectivity index is 2.24. The summed E-state index contributed by atoms with van der Waals surface area (Å²) in [6.07, 6.45) is 3.33. The third-order valence-electron chi connectivity index (χ3n) is 3.52. The molecule has 0 unspecified atom stereocenters. The molecule has 0 saturated heterocycles. The Morgan fingerprint density at radius 1 is 1.28 bits per heavy atom. The van der Waals surface area contributed by atoms with E-state index in [2.05, 4.69) is 15.0 Å². The molecule has 0 aliphatic heterocycles. The second-order valence-corrected chi connectivity index (χ2v) is 5.08. The van der Waals surface area contributed by atoms with Crippen molar-refractivity contribution in [2.45, 2.75) is 6.92 Å². The van der Waals surface area contributed by atoms with Gasteiger partial charge in [0.1, 0.15) is 11.3 Å². The number of carbonyl (C=O) groups excluding carboxylic acids is 1. The molecule has 0 amide bonds. The Morgan fingerprint density at radius 3 is 2.76 bits per heavy atom. The van der Waals surface area contributed by atoms with Gasteiger partial charge in [-0.2, -0.15) is 0 Å². The molecule has 1 aromatic carbocycles. The van der Waals surface area contributed by atoms with E-state index in [1.54, 1.807) is 6.92 Å². The molecule has 7 heteroatoms. The normalized spacial score (nSPS) is 11.2. The fourth-order valence-electron chi connectivity index (χ4n) is 2.47. The summed E-state index contributed by atoms with van der Waals surface area (Å²) in [4.78, 5) is 19.4. The summed E-state index contributed by atoms with van der Waals surface area (Å²) < 4.78 is 6.79. The summed E-state index contributed by atoms with van der Waals surface area (Å²) >= 11 is 0. The van der Waals surface area contributed by atoms with Crippen molar-refractivity contribution in [1.82, 2.24) is 9.38 Å². The zero-order chi connectivity index (χ0) is 17.6. The Labute approximate surface area is 143 Å². The van der Waals surface area contributed by atoms with Crippen LogP contribution in [-0.4, -0.2) is 22.0 Å². The van der Waals surface area contributed by atoms with Crippen LogP contribution in [0, 0.1) is 0 Å². The average molecular weight is 333 g/mol. The van der Waals surface area contributed by atoms with Gasteiger partial charge in [0.05, 0.1) is 18.0 Å². The molecule has 0 bridgehead atoms. The summed E-state index contributed by atoms with van der Waals surface area (Å²) in [6, 6.07) is 15.2. The van der Waals surface area contributed by atoms with Crippen LogP contribution in [0.2, 0.25) is 0 Å². The van der Waals surface area contributed by atoms with Crippen molar-refractivity contribution < 1.29 is 9.53 Å². The number of azide groups is 1. The maximum Gasteiger partial charge on any atom is 0.340 e. The van der Waals surface area contributed by atoms with Gasteiger partial charge in [0.15, 0.2) is 0 Å². The van der Waals surface area contributed by atoms with Gasteiger partial charge in [0, 0.05) is 16.7 Å². The molecular weight excluding hydrogens is 318 g/mol. The molecule has 2 heterocycles. The number of pyridine rings is 1. The number of rotatable bonds is 5. The molecule has 3 aromatic rings. The minimum atomic E-state index is -0.676. The highest BCUT2D eigenvalue weighted by molar-refractivity contribution is 5.94. The number of fused-ring (bicyclic) bond motifs is 1. The average Bonchev–Trinajstić information content (AvgIpc) is 3.01. The summed E-state index contributed by atoms with van der Waals surface area (Å²) in [5, 5.41) is 3.49. The first-order valence-corrected chi connectivity index (χ1v) is 7.71. The van der Waals surface area contributed by atoms with Crippen LogP contribution in [0.3, 0.4) is 0 Å². The van der Waals surface area contributed by atoms with E-state index in [1.807, 2.05) is 59.1 Å². The first kappa shape index (κ1) is 16.3. The topological polar surface area (TPSA) is 92.4 Å². The monoisotopic (exact) mass is 333 g/mol. The van der Waals surface area contributed by atoms with Gasteiger partial charge >= 0.3 is 5.97 Å². The number of hydrogen-bond acceptors (Lipinski definition) is 4. The number of aromatic nitrogens is 2. The fraction of sp³-hybridized carbons (Fsp3) is 0.111. The number of benzene rings is 1. The molecule has 124 valence electrons. The third-order valence-corrected chi connectivity index (χ3v) is 3.52. The van der Waals surface area contributed by atoms with E-state index in [1.165, 1.54) is 6.08 Å². The number of esters is 1. The van der Waals surface area contributed by atoms with Gasteiger partial charge in [0.25, 0.3) is 0 Å². The Kier molecular flexibility index (Phi) is 4.78. The summed E-state index contributed by atoms with van der Waals surface area (Å²) in [5.41, 5.74) is 11.6. The number of carbonyl (C=O) groups is 1. The Morgan fingerprint density at radius 2 is 2.04 bits per heavy atom. The largest absolute Gasteiger partial charge is 0.462 e. The predicted octanol–water partition coefficient (Wildman–Crippen LogP) is 4.22. The highest BCUT2D eigenvalue weighted by Crippen LogP contribution is 2.26. The van der Waals surface area contributed by atoms with Crippen molar-refractivity contribution in [3.8, 4) is 11.3 Å². The second kappa shape index (κ2) is 7.33. The number of imidazole rings is 1. The molecule has 0 atom stereocenters. The lowest BCUT2D eigenvalue weighted by atomic mass is 10.1. The molecule has 0 N–H and O–H groups in total. The van der Waals surface area contributed by atoms with Crippen LogP contribution in [0.15, 0.2) is 65.5 Å². The van der Waals surface area contributed by atoms with Crippen molar-refractivity contribution in [2.24, 2.45) is 5.11 Å². The summed E-state index contributed by atoms with van der Waals surface area (Å²) in [6.45, 7) is 1.88. The molecule has 2 aromatic heterocycles. The molecule has 7 nitrogen and oxygen atoms in total. The SMILES string of the molecule is CCOC(=O)/C(=C/c1c(-c2ccccc2)nc2ccccn12)N=[N+]=[N-].